The highest BCUT2D eigenvalue weighted by molar-refractivity contribution is 5.87. The van der Waals surface area contributed by atoms with Crippen molar-refractivity contribution in [2.45, 2.75) is 44.4 Å². The van der Waals surface area contributed by atoms with Crippen LogP contribution in [0.4, 0.5) is 0 Å². The van der Waals surface area contributed by atoms with E-state index in [-0.39, 0.29) is 23.3 Å². The molecule has 6 heteroatoms. The molecule has 0 aromatic heterocycles. The average Bonchev–Trinajstić information content (AvgIpc) is 3.07. The largest absolute Gasteiger partial charge is 0.478 e. The van der Waals surface area contributed by atoms with Crippen molar-refractivity contribution in [3.8, 4) is 0 Å². The molecule has 1 aromatic carbocycles. The second kappa shape index (κ2) is 8.34. The molecule has 0 radical (unpaired) electrons. The first-order valence-electron chi connectivity index (χ1n) is 9.43. The molecule has 1 N–H and O–H groups in total. The van der Waals surface area contributed by atoms with Crippen LogP contribution in [0.3, 0.4) is 0 Å². The second-order valence-electron chi connectivity index (χ2n) is 7.19. The van der Waals surface area contributed by atoms with Crippen LogP contribution in [0.5, 0.6) is 0 Å². The van der Waals surface area contributed by atoms with Crippen molar-refractivity contribution in [2.75, 3.05) is 26.2 Å². The van der Waals surface area contributed by atoms with Gasteiger partial charge in [0.15, 0.2) is 0 Å². The molecule has 0 saturated carbocycles. The van der Waals surface area contributed by atoms with Gasteiger partial charge in [-0.25, -0.2) is 4.79 Å². The van der Waals surface area contributed by atoms with Gasteiger partial charge >= 0.3 is 5.97 Å². The molecule has 140 valence electrons. The summed E-state index contributed by atoms with van der Waals surface area (Å²) in [6.45, 7) is 2.97. The van der Waals surface area contributed by atoms with Crippen LogP contribution in [0.15, 0.2) is 24.3 Å². The molecule has 2 fully saturated rings. The molecule has 0 bridgehead atoms. The summed E-state index contributed by atoms with van der Waals surface area (Å²) < 4.78 is 0. The van der Waals surface area contributed by atoms with E-state index < -0.39 is 5.97 Å². The van der Waals surface area contributed by atoms with Crippen molar-refractivity contribution in [2.24, 2.45) is 0 Å². The van der Waals surface area contributed by atoms with E-state index in [1.807, 2.05) is 21.9 Å². The zero-order valence-electron chi connectivity index (χ0n) is 15.0. The Morgan fingerprint density at radius 3 is 2.54 bits per heavy atom. The zero-order chi connectivity index (χ0) is 18.5. The fourth-order valence-corrected chi connectivity index (χ4v) is 3.89. The number of likely N-dealkylation sites (tertiary alicyclic amines) is 2. The molecular formula is C20H26N2O4. The third kappa shape index (κ3) is 4.42. The van der Waals surface area contributed by atoms with Crippen LogP contribution in [0, 0.1) is 0 Å². The molecular weight excluding hydrogens is 332 g/mol. The molecule has 2 saturated heterocycles. The lowest BCUT2D eigenvalue weighted by Gasteiger charge is -2.33. The topological polar surface area (TPSA) is 77.9 Å². The smallest absolute Gasteiger partial charge is 0.335 e. The molecule has 0 unspecified atom stereocenters. The zero-order valence-corrected chi connectivity index (χ0v) is 15.0. The quantitative estimate of drug-likeness (QED) is 0.847. The van der Waals surface area contributed by atoms with Crippen molar-refractivity contribution < 1.29 is 19.5 Å². The van der Waals surface area contributed by atoms with Crippen molar-refractivity contribution in [1.29, 1.82) is 0 Å². The maximum atomic E-state index is 12.5. The Morgan fingerprint density at radius 2 is 1.88 bits per heavy atom. The van der Waals surface area contributed by atoms with E-state index in [4.69, 9.17) is 5.11 Å². The number of hydrogen-bond acceptors (Lipinski definition) is 3. The van der Waals surface area contributed by atoms with Gasteiger partial charge in [-0.3, -0.25) is 9.59 Å². The van der Waals surface area contributed by atoms with E-state index in [0.717, 1.165) is 44.3 Å². The summed E-state index contributed by atoms with van der Waals surface area (Å²) >= 11 is 0. The first kappa shape index (κ1) is 18.4. The summed E-state index contributed by atoms with van der Waals surface area (Å²) in [5.41, 5.74) is 1.38. The van der Waals surface area contributed by atoms with Crippen LogP contribution in [0.2, 0.25) is 0 Å². The second-order valence-corrected chi connectivity index (χ2v) is 7.19. The lowest BCUT2D eigenvalue weighted by atomic mass is 9.90. The summed E-state index contributed by atoms with van der Waals surface area (Å²) in [5.74, 6) is -0.298. The standard InChI is InChI=1S/C20H26N2O4/c23-18-5-2-11-21(18)12-3-6-19(24)22-13-1-4-17(14-22)15-7-9-16(10-8-15)20(25)26/h7-10,17H,1-6,11-14H2,(H,25,26)/t17-/m0/s1. The van der Waals surface area contributed by atoms with Gasteiger partial charge in [0, 0.05) is 44.9 Å². The number of rotatable bonds is 6. The van der Waals surface area contributed by atoms with Gasteiger partial charge in [-0.15, -0.1) is 0 Å². The molecule has 2 heterocycles. The van der Waals surface area contributed by atoms with Gasteiger partial charge in [-0.2, -0.15) is 0 Å². The van der Waals surface area contributed by atoms with Crippen molar-refractivity contribution in [1.82, 2.24) is 9.80 Å². The number of benzene rings is 1. The molecule has 26 heavy (non-hydrogen) atoms. The number of carboxylic acids is 1. The minimum Gasteiger partial charge on any atom is -0.478 e. The average molecular weight is 358 g/mol. The Labute approximate surface area is 153 Å². The predicted molar refractivity (Wildman–Crippen MR) is 97.0 cm³/mol. The molecule has 2 amide bonds. The monoisotopic (exact) mass is 358 g/mol. The minimum atomic E-state index is -0.923. The van der Waals surface area contributed by atoms with Crippen LogP contribution >= 0.6 is 0 Å². The highest BCUT2D eigenvalue weighted by atomic mass is 16.4. The van der Waals surface area contributed by atoms with E-state index in [9.17, 15) is 14.4 Å². The normalized spacial score (nSPS) is 20.5. The van der Waals surface area contributed by atoms with E-state index in [2.05, 4.69) is 0 Å². The van der Waals surface area contributed by atoms with Crippen molar-refractivity contribution >= 4 is 17.8 Å². The summed E-state index contributed by atoms with van der Waals surface area (Å²) in [7, 11) is 0. The van der Waals surface area contributed by atoms with Gasteiger partial charge in [0.25, 0.3) is 0 Å². The summed E-state index contributed by atoms with van der Waals surface area (Å²) in [6.07, 6.45) is 4.75. The molecule has 3 rings (SSSR count). The summed E-state index contributed by atoms with van der Waals surface area (Å²) in [4.78, 5) is 38.9. The SMILES string of the molecule is O=C(O)c1ccc([C@H]2CCCN(C(=O)CCCN3CCCC3=O)C2)cc1. The van der Waals surface area contributed by atoms with Crippen LogP contribution in [-0.4, -0.2) is 58.9 Å². The van der Waals surface area contributed by atoms with Crippen LogP contribution < -0.4 is 0 Å². The number of carbonyl (C=O) groups is 3. The number of amides is 2. The summed E-state index contributed by atoms with van der Waals surface area (Å²) in [6, 6.07) is 6.99. The van der Waals surface area contributed by atoms with Gasteiger partial charge in [-0.05, 0) is 43.4 Å². The Bertz CT molecular complexity index is 671. The highest BCUT2D eigenvalue weighted by Crippen LogP contribution is 2.27. The highest BCUT2D eigenvalue weighted by Gasteiger charge is 2.25. The number of carboxylic acid groups (broad SMARTS) is 1. The predicted octanol–water partition coefficient (Wildman–Crippen LogP) is 2.49. The maximum Gasteiger partial charge on any atom is 0.335 e. The Balaban J connectivity index is 1.50. The third-order valence-corrected chi connectivity index (χ3v) is 5.39. The Morgan fingerprint density at radius 1 is 1.12 bits per heavy atom. The van der Waals surface area contributed by atoms with Gasteiger partial charge < -0.3 is 14.9 Å². The van der Waals surface area contributed by atoms with E-state index in [1.165, 1.54) is 0 Å². The fraction of sp³-hybridized carbons (Fsp3) is 0.550. The van der Waals surface area contributed by atoms with E-state index in [1.54, 1.807) is 12.1 Å². The first-order valence-corrected chi connectivity index (χ1v) is 9.43. The molecule has 0 aliphatic carbocycles. The lowest BCUT2D eigenvalue weighted by Crippen LogP contribution is -2.39. The first-order chi connectivity index (χ1) is 12.5. The molecule has 2 aliphatic rings. The minimum absolute atomic E-state index is 0.156. The number of nitrogens with zero attached hydrogens (tertiary/aromatic N) is 2. The van der Waals surface area contributed by atoms with E-state index in [0.29, 0.717) is 25.9 Å². The lowest BCUT2D eigenvalue weighted by molar-refractivity contribution is -0.133. The van der Waals surface area contributed by atoms with Gasteiger partial charge in [0.05, 0.1) is 5.56 Å². The molecule has 1 atom stereocenters. The van der Waals surface area contributed by atoms with Crippen LogP contribution in [-0.2, 0) is 9.59 Å². The van der Waals surface area contributed by atoms with Gasteiger partial charge in [-0.1, -0.05) is 12.1 Å². The van der Waals surface area contributed by atoms with Gasteiger partial charge in [0.1, 0.15) is 0 Å². The van der Waals surface area contributed by atoms with Crippen molar-refractivity contribution in [3.63, 3.8) is 0 Å². The number of piperidine rings is 1. The maximum absolute atomic E-state index is 12.5. The molecule has 6 nitrogen and oxygen atoms in total. The van der Waals surface area contributed by atoms with Gasteiger partial charge in [0.2, 0.25) is 11.8 Å². The van der Waals surface area contributed by atoms with Crippen LogP contribution in [0.1, 0.15) is 60.4 Å². The van der Waals surface area contributed by atoms with E-state index >= 15 is 0 Å². The van der Waals surface area contributed by atoms with Crippen LogP contribution in [0.25, 0.3) is 0 Å². The third-order valence-electron chi connectivity index (χ3n) is 5.39. The molecule has 2 aliphatic heterocycles. The Hall–Kier alpha value is -2.37. The number of aromatic carboxylic acids is 1. The van der Waals surface area contributed by atoms with Crippen molar-refractivity contribution in [3.05, 3.63) is 35.4 Å². The Kier molecular flexibility index (Phi) is 5.91. The molecule has 0 spiro atoms. The number of carbonyl (C=O) groups excluding carboxylic acids is 2. The summed E-state index contributed by atoms with van der Waals surface area (Å²) in [5, 5.41) is 9.00. The molecule has 1 aromatic rings. The fourth-order valence-electron chi connectivity index (χ4n) is 3.89. The number of hydrogen-bond donors (Lipinski definition) is 1.